The molecule has 0 spiro atoms. The van der Waals surface area contributed by atoms with Gasteiger partial charge in [0.15, 0.2) is 5.82 Å². The fourth-order valence-corrected chi connectivity index (χ4v) is 1.28. The van der Waals surface area contributed by atoms with Gasteiger partial charge in [-0.15, -0.1) is 0 Å². The van der Waals surface area contributed by atoms with Crippen molar-refractivity contribution in [2.75, 3.05) is 0 Å². The summed E-state index contributed by atoms with van der Waals surface area (Å²) in [4.78, 5) is 3.98. The summed E-state index contributed by atoms with van der Waals surface area (Å²) in [6.07, 6.45) is -3.55. The van der Waals surface area contributed by atoms with E-state index in [0.29, 0.717) is 0 Å². The van der Waals surface area contributed by atoms with Gasteiger partial charge in [0.2, 0.25) is 0 Å². The van der Waals surface area contributed by atoms with Gasteiger partial charge in [0, 0.05) is 12.0 Å². The maximum Gasteiger partial charge on any atom is 0.355 e. The van der Waals surface area contributed by atoms with Gasteiger partial charge in [0.05, 0.1) is 0 Å². The van der Waals surface area contributed by atoms with Crippen LogP contribution in [0.3, 0.4) is 0 Å². The average Bonchev–Trinajstić information content (AvgIpc) is 2.86. The lowest BCUT2D eigenvalue weighted by Crippen LogP contribution is -2.19. The van der Waals surface area contributed by atoms with E-state index in [1.165, 1.54) is 6.92 Å². The van der Waals surface area contributed by atoms with Crippen molar-refractivity contribution in [2.45, 2.75) is 26.1 Å². The molecular formula is C12H12F2N2O2. The van der Waals surface area contributed by atoms with E-state index in [9.17, 15) is 8.78 Å². The first-order chi connectivity index (χ1) is 8.61. The number of benzene rings is 1. The zero-order valence-electron chi connectivity index (χ0n) is 9.77. The van der Waals surface area contributed by atoms with E-state index in [2.05, 4.69) is 14.9 Å². The highest BCUT2D eigenvalue weighted by atomic mass is 19.3. The quantitative estimate of drug-likeness (QED) is 0.821. The van der Waals surface area contributed by atoms with Gasteiger partial charge in [0.1, 0.15) is 6.61 Å². The van der Waals surface area contributed by atoms with Crippen LogP contribution in [0.4, 0.5) is 8.78 Å². The zero-order chi connectivity index (χ0) is 13.0. The molecule has 2 rings (SSSR count). The predicted octanol–water partition coefficient (Wildman–Crippen LogP) is 3.26. The Bertz CT molecular complexity index is 500. The minimum Gasteiger partial charge on any atom is -0.334 e. The Kier molecular flexibility index (Phi) is 3.66. The molecule has 0 atom stereocenters. The van der Waals surface area contributed by atoms with Crippen molar-refractivity contribution in [1.82, 2.24) is 10.1 Å². The molecular weight excluding hydrogens is 242 g/mol. The highest BCUT2D eigenvalue weighted by Crippen LogP contribution is 2.21. The van der Waals surface area contributed by atoms with Crippen LogP contribution >= 0.6 is 0 Å². The van der Waals surface area contributed by atoms with E-state index >= 15 is 0 Å². The Morgan fingerprint density at radius 1 is 1.28 bits per heavy atom. The highest BCUT2D eigenvalue weighted by Gasteiger charge is 2.27. The van der Waals surface area contributed by atoms with Gasteiger partial charge in [-0.05, 0) is 12.1 Å². The van der Waals surface area contributed by atoms with E-state index in [1.54, 1.807) is 12.1 Å². The summed E-state index contributed by atoms with van der Waals surface area (Å²) in [5.41, 5.74) is 0.735. The van der Waals surface area contributed by atoms with Crippen LogP contribution in [-0.2, 0) is 11.3 Å². The van der Waals surface area contributed by atoms with Crippen molar-refractivity contribution in [1.29, 1.82) is 0 Å². The Morgan fingerprint density at radius 3 is 2.67 bits per heavy atom. The zero-order valence-corrected chi connectivity index (χ0v) is 9.77. The maximum atomic E-state index is 12.9. The molecule has 0 fully saturated rings. The highest BCUT2D eigenvalue weighted by molar-refractivity contribution is 5.51. The Balaban J connectivity index is 2.03. The summed E-state index contributed by atoms with van der Waals surface area (Å²) in [6, 6.07) is 9.07. The molecule has 1 aromatic heterocycles. The van der Waals surface area contributed by atoms with Crippen LogP contribution in [0.15, 0.2) is 34.9 Å². The van der Waals surface area contributed by atoms with E-state index in [0.717, 1.165) is 5.56 Å². The second kappa shape index (κ2) is 5.22. The number of halogens is 2. The van der Waals surface area contributed by atoms with E-state index < -0.39 is 12.5 Å². The van der Waals surface area contributed by atoms with Gasteiger partial charge in [-0.25, -0.2) is 0 Å². The lowest BCUT2D eigenvalue weighted by Gasteiger charge is -2.12. The fourth-order valence-electron chi connectivity index (χ4n) is 1.28. The van der Waals surface area contributed by atoms with Crippen molar-refractivity contribution < 1.29 is 18.0 Å². The minimum absolute atomic E-state index is 0.0991. The normalized spacial score (nSPS) is 11.7. The van der Waals surface area contributed by atoms with Crippen molar-refractivity contribution in [3.8, 4) is 11.5 Å². The first kappa shape index (κ1) is 12.6. The number of aromatic nitrogens is 2. The summed E-state index contributed by atoms with van der Waals surface area (Å²) < 4.78 is 35.1. The predicted molar refractivity (Wildman–Crippen MR) is 59.8 cm³/mol. The molecule has 1 heterocycles. The van der Waals surface area contributed by atoms with E-state index in [4.69, 9.17) is 4.52 Å². The summed E-state index contributed by atoms with van der Waals surface area (Å²) in [5, 5.41) is 3.59. The Hall–Kier alpha value is -1.82. The SMILES string of the molecule is CCC(F)(F)OCc1noc(-c2ccccc2)n1. The van der Waals surface area contributed by atoms with Crippen molar-refractivity contribution in [2.24, 2.45) is 0 Å². The molecule has 2 aromatic rings. The van der Waals surface area contributed by atoms with Gasteiger partial charge in [0.25, 0.3) is 5.89 Å². The first-order valence-electron chi connectivity index (χ1n) is 5.50. The number of alkyl halides is 2. The van der Waals surface area contributed by atoms with Crippen molar-refractivity contribution in [3.63, 3.8) is 0 Å². The average molecular weight is 254 g/mol. The largest absolute Gasteiger partial charge is 0.355 e. The standard InChI is InChI=1S/C12H12F2N2O2/c1-2-12(13,14)17-8-10-15-11(18-16-10)9-6-4-3-5-7-9/h3-7H,2,8H2,1H3. The van der Waals surface area contributed by atoms with Crippen LogP contribution < -0.4 is 0 Å². The van der Waals surface area contributed by atoms with Gasteiger partial charge in [-0.3, -0.25) is 0 Å². The summed E-state index contributed by atoms with van der Waals surface area (Å²) in [6.45, 7) is 0.961. The summed E-state index contributed by atoms with van der Waals surface area (Å²) in [5.74, 6) is 0.385. The molecule has 6 heteroatoms. The topological polar surface area (TPSA) is 48.2 Å². The number of hydrogen-bond acceptors (Lipinski definition) is 4. The second-order valence-electron chi connectivity index (χ2n) is 3.66. The molecule has 0 amide bonds. The van der Waals surface area contributed by atoms with Crippen LogP contribution in [-0.4, -0.2) is 16.2 Å². The van der Waals surface area contributed by atoms with Gasteiger partial charge in [-0.1, -0.05) is 30.3 Å². The molecule has 0 aliphatic rings. The van der Waals surface area contributed by atoms with Crippen molar-refractivity contribution >= 4 is 0 Å². The molecule has 4 nitrogen and oxygen atoms in total. The van der Waals surface area contributed by atoms with Crippen LogP contribution in [0.2, 0.25) is 0 Å². The molecule has 0 saturated carbocycles. The van der Waals surface area contributed by atoms with Crippen LogP contribution in [0, 0.1) is 0 Å². The first-order valence-corrected chi connectivity index (χ1v) is 5.50. The Morgan fingerprint density at radius 2 is 2.00 bits per heavy atom. The molecule has 18 heavy (non-hydrogen) atoms. The molecule has 0 unspecified atom stereocenters. The lowest BCUT2D eigenvalue weighted by atomic mass is 10.2. The molecule has 0 aliphatic heterocycles. The molecule has 0 N–H and O–H groups in total. The second-order valence-corrected chi connectivity index (χ2v) is 3.66. The van der Waals surface area contributed by atoms with Crippen LogP contribution in [0.1, 0.15) is 19.2 Å². The monoisotopic (exact) mass is 254 g/mol. The van der Waals surface area contributed by atoms with Crippen LogP contribution in [0.5, 0.6) is 0 Å². The molecule has 96 valence electrons. The maximum absolute atomic E-state index is 12.9. The summed E-state index contributed by atoms with van der Waals surface area (Å²) in [7, 11) is 0. The number of hydrogen-bond donors (Lipinski definition) is 0. The van der Waals surface area contributed by atoms with Crippen molar-refractivity contribution in [3.05, 3.63) is 36.2 Å². The number of rotatable bonds is 5. The number of nitrogens with zero attached hydrogens (tertiary/aromatic N) is 2. The summed E-state index contributed by atoms with van der Waals surface area (Å²) >= 11 is 0. The fraction of sp³-hybridized carbons (Fsp3) is 0.333. The minimum atomic E-state index is -3.16. The molecule has 1 aromatic carbocycles. The molecule has 0 saturated heterocycles. The molecule has 0 aliphatic carbocycles. The smallest absolute Gasteiger partial charge is 0.334 e. The van der Waals surface area contributed by atoms with Crippen LogP contribution in [0.25, 0.3) is 11.5 Å². The van der Waals surface area contributed by atoms with Gasteiger partial charge >= 0.3 is 6.11 Å². The number of ether oxygens (including phenoxy) is 1. The third-order valence-electron chi connectivity index (χ3n) is 2.31. The lowest BCUT2D eigenvalue weighted by molar-refractivity contribution is -0.247. The third kappa shape index (κ3) is 3.10. The van der Waals surface area contributed by atoms with Gasteiger partial charge in [-0.2, -0.15) is 13.8 Å². The van der Waals surface area contributed by atoms with E-state index in [-0.39, 0.29) is 18.3 Å². The van der Waals surface area contributed by atoms with Gasteiger partial charge < -0.3 is 9.26 Å². The van der Waals surface area contributed by atoms with E-state index in [1.807, 2.05) is 18.2 Å². The third-order valence-corrected chi connectivity index (χ3v) is 2.31. The molecule has 0 bridgehead atoms. The Labute approximate surface area is 103 Å². The molecule has 0 radical (unpaired) electrons.